The first-order chi connectivity index (χ1) is 12.2. The lowest BCUT2D eigenvalue weighted by Gasteiger charge is -2.10. The van der Waals surface area contributed by atoms with E-state index < -0.39 is 0 Å². The number of nitrogens with one attached hydrogen (secondary N) is 1. The molecule has 6 nitrogen and oxygen atoms in total. The molecule has 0 unspecified atom stereocenters. The third-order valence-electron chi connectivity index (χ3n) is 4.46. The summed E-state index contributed by atoms with van der Waals surface area (Å²) >= 11 is 0. The van der Waals surface area contributed by atoms with Crippen LogP contribution in [-0.2, 0) is 6.61 Å². The van der Waals surface area contributed by atoms with Gasteiger partial charge in [-0.3, -0.25) is 9.78 Å². The summed E-state index contributed by atoms with van der Waals surface area (Å²) in [6, 6.07) is 7.85. The number of oxazole rings is 1. The van der Waals surface area contributed by atoms with Gasteiger partial charge in [0.2, 0.25) is 5.89 Å². The summed E-state index contributed by atoms with van der Waals surface area (Å²) in [7, 11) is 0. The van der Waals surface area contributed by atoms with Crippen molar-refractivity contribution in [1.82, 2.24) is 15.3 Å². The zero-order valence-corrected chi connectivity index (χ0v) is 13.9. The van der Waals surface area contributed by atoms with E-state index in [1.165, 1.54) is 19.1 Å². The molecule has 0 spiro atoms. The van der Waals surface area contributed by atoms with Crippen molar-refractivity contribution < 1.29 is 13.9 Å². The minimum absolute atomic E-state index is 0.160. The topological polar surface area (TPSA) is 77.2 Å². The van der Waals surface area contributed by atoms with Crippen LogP contribution in [0.2, 0.25) is 0 Å². The SMILES string of the molecule is C[C@@H](NC(=O)c1coc(COc2cccc3cnccc23)n1)C1CC1. The first-order valence-electron chi connectivity index (χ1n) is 8.41. The number of rotatable bonds is 6. The number of amides is 1. The maximum atomic E-state index is 12.2. The molecule has 3 aromatic rings. The van der Waals surface area contributed by atoms with Gasteiger partial charge in [-0.15, -0.1) is 0 Å². The van der Waals surface area contributed by atoms with Crippen LogP contribution in [0.15, 0.2) is 47.3 Å². The second kappa shape index (κ2) is 6.55. The molecule has 1 N–H and O–H groups in total. The van der Waals surface area contributed by atoms with Gasteiger partial charge in [-0.1, -0.05) is 12.1 Å². The molecule has 1 fully saturated rings. The molecule has 1 atom stereocenters. The summed E-state index contributed by atoms with van der Waals surface area (Å²) in [4.78, 5) is 20.5. The standard InChI is InChI=1S/C19H19N3O3/c1-12(13-5-6-13)21-19(23)16-10-25-18(22-16)11-24-17-4-2-3-14-9-20-8-7-15(14)17/h2-4,7-10,12-13H,5-6,11H2,1H3,(H,21,23)/t12-/m1/s1. The molecule has 25 heavy (non-hydrogen) atoms. The van der Waals surface area contributed by atoms with E-state index in [0.29, 0.717) is 11.8 Å². The van der Waals surface area contributed by atoms with Crippen LogP contribution < -0.4 is 10.1 Å². The van der Waals surface area contributed by atoms with Crippen molar-refractivity contribution in [3.63, 3.8) is 0 Å². The number of aromatic nitrogens is 2. The molecule has 1 aliphatic rings. The van der Waals surface area contributed by atoms with Gasteiger partial charge >= 0.3 is 0 Å². The third-order valence-corrected chi connectivity index (χ3v) is 4.46. The predicted octanol–water partition coefficient (Wildman–Crippen LogP) is 3.33. The second-order valence-electron chi connectivity index (χ2n) is 6.37. The number of pyridine rings is 1. The van der Waals surface area contributed by atoms with Crippen molar-refractivity contribution in [2.45, 2.75) is 32.4 Å². The highest BCUT2D eigenvalue weighted by atomic mass is 16.5. The average Bonchev–Trinajstić information content (AvgIpc) is 3.38. The highest BCUT2D eigenvalue weighted by Crippen LogP contribution is 2.32. The molecule has 0 saturated heterocycles. The number of hydrogen-bond acceptors (Lipinski definition) is 5. The number of carbonyl (C=O) groups excluding carboxylic acids is 1. The highest BCUT2D eigenvalue weighted by Gasteiger charge is 2.29. The van der Waals surface area contributed by atoms with Crippen molar-refractivity contribution in [3.05, 3.63) is 54.5 Å². The van der Waals surface area contributed by atoms with Gasteiger partial charge in [0.15, 0.2) is 12.3 Å². The first-order valence-corrected chi connectivity index (χ1v) is 8.41. The van der Waals surface area contributed by atoms with E-state index in [1.54, 1.807) is 12.4 Å². The van der Waals surface area contributed by atoms with Gasteiger partial charge in [0, 0.05) is 29.2 Å². The van der Waals surface area contributed by atoms with E-state index in [9.17, 15) is 4.79 Å². The zero-order chi connectivity index (χ0) is 17.2. The summed E-state index contributed by atoms with van der Waals surface area (Å²) < 4.78 is 11.2. The molecule has 0 aliphatic heterocycles. The Bertz CT molecular complexity index is 896. The molecule has 1 saturated carbocycles. The summed E-state index contributed by atoms with van der Waals surface area (Å²) in [5, 5.41) is 4.93. The summed E-state index contributed by atoms with van der Waals surface area (Å²) in [5.74, 6) is 1.49. The Labute approximate surface area is 145 Å². The van der Waals surface area contributed by atoms with Gasteiger partial charge in [0.1, 0.15) is 12.0 Å². The fraction of sp³-hybridized carbons (Fsp3) is 0.316. The molecule has 0 radical (unpaired) electrons. The monoisotopic (exact) mass is 337 g/mol. The molecule has 2 aromatic heterocycles. The van der Waals surface area contributed by atoms with Crippen LogP contribution in [0.25, 0.3) is 10.8 Å². The Kier molecular flexibility index (Phi) is 4.09. The fourth-order valence-electron chi connectivity index (χ4n) is 2.83. The minimum Gasteiger partial charge on any atom is -0.483 e. The lowest BCUT2D eigenvalue weighted by atomic mass is 10.1. The zero-order valence-electron chi connectivity index (χ0n) is 13.9. The molecule has 1 amide bonds. The van der Waals surface area contributed by atoms with Gasteiger partial charge in [0.25, 0.3) is 5.91 Å². The fourth-order valence-corrected chi connectivity index (χ4v) is 2.83. The number of fused-ring (bicyclic) bond motifs is 1. The maximum Gasteiger partial charge on any atom is 0.273 e. The third kappa shape index (κ3) is 3.47. The smallest absolute Gasteiger partial charge is 0.273 e. The Balaban J connectivity index is 1.41. The van der Waals surface area contributed by atoms with Crippen molar-refractivity contribution in [2.75, 3.05) is 0 Å². The Morgan fingerprint density at radius 2 is 2.28 bits per heavy atom. The van der Waals surface area contributed by atoms with Gasteiger partial charge in [-0.05, 0) is 37.8 Å². The van der Waals surface area contributed by atoms with Crippen molar-refractivity contribution in [2.24, 2.45) is 5.92 Å². The van der Waals surface area contributed by atoms with Crippen molar-refractivity contribution in [3.8, 4) is 5.75 Å². The van der Waals surface area contributed by atoms with E-state index in [4.69, 9.17) is 9.15 Å². The second-order valence-corrected chi connectivity index (χ2v) is 6.37. The van der Waals surface area contributed by atoms with E-state index >= 15 is 0 Å². The molecule has 2 heterocycles. The molecule has 1 aromatic carbocycles. The van der Waals surface area contributed by atoms with Crippen LogP contribution in [0.1, 0.15) is 36.1 Å². The van der Waals surface area contributed by atoms with Crippen molar-refractivity contribution in [1.29, 1.82) is 0 Å². The van der Waals surface area contributed by atoms with Crippen LogP contribution in [0.3, 0.4) is 0 Å². The van der Waals surface area contributed by atoms with Crippen LogP contribution >= 0.6 is 0 Å². The maximum absolute atomic E-state index is 12.2. The Morgan fingerprint density at radius 3 is 3.12 bits per heavy atom. The van der Waals surface area contributed by atoms with Gasteiger partial charge < -0.3 is 14.5 Å². The largest absolute Gasteiger partial charge is 0.483 e. The van der Waals surface area contributed by atoms with Crippen LogP contribution in [-0.4, -0.2) is 21.9 Å². The molecule has 128 valence electrons. The quantitative estimate of drug-likeness (QED) is 0.746. The van der Waals surface area contributed by atoms with Gasteiger partial charge in [-0.25, -0.2) is 4.98 Å². The normalized spacial score (nSPS) is 15.1. The molecule has 1 aliphatic carbocycles. The van der Waals surface area contributed by atoms with Gasteiger partial charge in [-0.2, -0.15) is 0 Å². The number of carbonyl (C=O) groups is 1. The summed E-state index contributed by atoms with van der Waals surface area (Å²) in [5.41, 5.74) is 0.285. The lowest BCUT2D eigenvalue weighted by molar-refractivity contribution is 0.0930. The summed E-state index contributed by atoms with van der Waals surface area (Å²) in [6.45, 7) is 2.18. The first kappa shape index (κ1) is 15.6. The predicted molar refractivity (Wildman–Crippen MR) is 92.2 cm³/mol. The average molecular weight is 337 g/mol. The van der Waals surface area contributed by atoms with Crippen LogP contribution in [0.4, 0.5) is 0 Å². The van der Waals surface area contributed by atoms with Crippen LogP contribution in [0, 0.1) is 5.92 Å². The Hall–Kier alpha value is -2.89. The van der Waals surface area contributed by atoms with E-state index in [2.05, 4.69) is 15.3 Å². The van der Waals surface area contributed by atoms with E-state index in [0.717, 1.165) is 16.5 Å². The van der Waals surface area contributed by atoms with Gasteiger partial charge in [0.05, 0.1) is 0 Å². The van der Waals surface area contributed by atoms with E-state index in [-0.39, 0.29) is 24.2 Å². The molecule has 4 rings (SSSR count). The lowest BCUT2D eigenvalue weighted by Crippen LogP contribution is -2.34. The number of ether oxygens (including phenoxy) is 1. The number of nitrogens with zero attached hydrogens (tertiary/aromatic N) is 2. The molecule has 0 bridgehead atoms. The molecular formula is C19H19N3O3. The summed E-state index contributed by atoms with van der Waals surface area (Å²) in [6.07, 6.45) is 7.25. The van der Waals surface area contributed by atoms with Crippen LogP contribution in [0.5, 0.6) is 5.75 Å². The number of benzene rings is 1. The van der Waals surface area contributed by atoms with E-state index in [1.807, 2.05) is 31.2 Å². The highest BCUT2D eigenvalue weighted by molar-refractivity contribution is 5.92. The number of hydrogen-bond donors (Lipinski definition) is 1. The Morgan fingerprint density at radius 1 is 1.40 bits per heavy atom. The molecular weight excluding hydrogens is 318 g/mol. The molecule has 6 heteroatoms. The van der Waals surface area contributed by atoms with Crippen molar-refractivity contribution >= 4 is 16.7 Å². The minimum atomic E-state index is -0.203.